The number of carbonyl (C=O) groups excluding carboxylic acids is 2. The van der Waals surface area contributed by atoms with Crippen LogP contribution in [0, 0.1) is 5.82 Å². The van der Waals surface area contributed by atoms with E-state index < -0.39 is 21.7 Å². The molecule has 1 aliphatic heterocycles. The summed E-state index contributed by atoms with van der Waals surface area (Å²) in [4.78, 5) is 32.8. The number of halogens is 1. The zero-order valence-corrected chi connectivity index (χ0v) is 21.2. The lowest BCUT2D eigenvalue weighted by Crippen LogP contribution is -2.50. The second kappa shape index (κ2) is 11.3. The van der Waals surface area contributed by atoms with Gasteiger partial charge in [-0.1, -0.05) is 30.9 Å². The summed E-state index contributed by atoms with van der Waals surface area (Å²) >= 11 is 0. The van der Waals surface area contributed by atoms with E-state index in [1.807, 2.05) is 0 Å². The molecule has 4 rings (SSSR count). The minimum atomic E-state index is -4.15. The third-order valence-corrected chi connectivity index (χ3v) is 7.42. The van der Waals surface area contributed by atoms with Gasteiger partial charge in [0, 0.05) is 48.9 Å². The maximum absolute atomic E-state index is 14.9. The van der Waals surface area contributed by atoms with Gasteiger partial charge < -0.3 is 15.5 Å². The number of hydrogen-bond acceptors (Lipinski definition) is 6. The first kappa shape index (κ1) is 26.6. The first-order chi connectivity index (χ1) is 18.2. The monoisotopic (exact) mass is 535 g/mol. The van der Waals surface area contributed by atoms with E-state index in [4.69, 9.17) is 5.73 Å². The molecule has 0 atom stereocenters. The molecule has 0 spiro atoms. The molecule has 1 saturated heterocycles. The Morgan fingerprint density at radius 2 is 1.76 bits per heavy atom. The molecule has 0 aliphatic carbocycles. The number of nitrogens with two attached hydrogens (primary N) is 1. The van der Waals surface area contributed by atoms with Crippen LogP contribution in [0.15, 0.2) is 96.2 Å². The maximum atomic E-state index is 14.9. The number of pyridine rings is 1. The lowest BCUT2D eigenvalue weighted by atomic mass is 10.1. The molecule has 0 saturated carbocycles. The van der Waals surface area contributed by atoms with E-state index in [0.717, 1.165) is 6.07 Å². The van der Waals surface area contributed by atoms with Crippen molar-refractivity contribution in [2.24, 2.45) is 5.73 Å². The van der Waals surface area contributed by atoms with E-state index in [0.29, 0.717) is 11.0 Å². The van der Waals surface area contributed by atoms with Gasteiger partial charge in [-0.3, -0.25) is 19.3 Å². The summed E-state index contributed by atoms with van der Waals surface area (Å²) in [7, 11) is -4.15. The molecule has 2 aromatic carbocycles. The minimum Gasteiger partial charge on any atom is -0.405 e. The number of piperazine rings is 1. The summed E-state index contributed by atoms with van der Waals surface area (Å²) in [6.07, 6.45) is 7.27. The van der Waals surface area contributed by atoms with E-state index in [2.05, 4.69) is 16.3 Å². The van der Waals surface area contributed by atoms with Gasteiger partial charge in [0.15, 0.2) is 0 Å². The Morgan fingerprint density at radius 1 is 1.05 bits per heavy atom. The number of carbonyl (C=O) groups is 2. The fourth-order valence-electron chi connectivity index (χ4n) is 4.13. The quantitative estimate of drug-likeness (QED) is 0.354. The molecule has 3 aromatic rings. The standard InChI is InChI=1S/C27H26FN5O4S/c1-2-5-20(11-12-29)26(34)32-14-16-33(17-15-32)27(35)21-9-10-23(22(28)18-21)31-38(36,37)24-8-3-6-19-7-4-13-30-25(19)24/h2-13,18,31H,1,14-17,29H2/b12-11-,20-5+. The molecular formula is C27H26FN5O4S. The fraction of sp³-hybridized carbons (Fsp3) is 0.148. The Morgan fingerprint density at radius 3 is 2.45 bits per heavy atom. The number of benzene rings is 2. The smallest absolute Gasteiger partial charge is 0.264 e. The van der Waals surface area contributed by atoms with E-state index in [1.165, 1.54) is 47.6 Å². The molecule has 1 aliphatic rings. The topological polar surface area (TPSA) is 126 Å². The minimum absolute atomic E-state index is 0.0651. The van der Waals surface area contributed by atoms with Crippen molar-refractivity contribution in [3.8, 4) is 0 Å². The lowest BCUT2D eigenvalue weighted by molar-refractivity contribution is -0.128. The molecule has 9 nitrogen and oxygen atoms in total. The molecule has 1 aromatic heterocycles. The molecule has 1 fully saturated rings. The molecule has 0 unspecified atom stereocenters. The molecule has 11 heteroatoms. The van der Waals surface area contributed by atoms with E-state index in [-0.39, 0.29) is 53.7 Å². The van der Waals surface area contributed by atoms with Crippen molar-refractivity contribution in [2.75, 3.05) is 30.9 Å². The third-order valence-electron chi connectivity index (χ3n) is 6.02. The summed E-state index contributed by atoms with van der Waals surface area (Å²) in [6, 6.07) is 11.7. The van der Waals surface area contributed by atoms with E-state index in [9.17, 15) is 22.4 Å². The van der Waals surface area contributed by atoms with E-state index >= 15 is 0 Å². The molecule has 3 N–H and O–H groups in total. The molecule has 2 amide bonds. The molecular weight excluding hydrogens is 509 g/mol. The number of aromatic nitrogens is 1. The van der Waals surface area contributed by atoms with Crippen LogP contribution in [0.4, 0.5) is 10.1 Å². The molecule has 196 valence electrons. The number of nitrogens with one attached hydrogen (secondary N) is 1. The van der Waals surface area contributed by atoms with Gasteiger partial charge >= 0.3 is 0 Å². The number of allylic oxidation sites excluding steroid dienone is 2. The van der Waals surface area contributed by atoms with Gasteiger partial charge in [-0.05, 0) is 48.7 Å². The van der Waals surface area contributed by atoms with Crippen molar-refractivity contribution in [1.82, 2.24) is 14.8 Å². The second-order valence-corrected chi connectivity index (χ2v) is 10.1. The van der Waals surface area contributed by atoms with Crippen molar-refractivity contribution >= 4 is 38.4 Å². The largest absolute Gasteiger partial charge is 0.405 e. The molecule has 38 heavy (non-hydrogen) atoms. The Balaban J connectivity index is 1.45. The number of anilines is 1. The summed E-state index contributed by atoms with van der Waals surface area (Å²) in [5, 5.41) is 0.627. The maximum Gasteiger partial charge on any atom is 0.264 e. The first-order valence-electron chi connectivity index (χ1n) is 11.7. The Bertz CT molecular complexity index is 1560. The second-order valence-electron chi connectivity index (χ2n) is 8.43. The summed E-state index contributed by atoms with van der Waals surface area (Å²) in [5.74, 6) is -1.55. The number of amides is 2. The predicted molar refractivity (Wildman–Crippen MR) is 143 cm³/mol. The van der Waals surface area contributed by atoms with Crippen LogP contribution in [0.3, 0.4) is 0 Å². The van der Waals surface area contributed by atoms with Crippen LogP contribution >= 0.6 is 0 Å². The van der Waals surface area contributed by atoms with Crippen molar-refractivity contribution in [1.29, 1.82) is 0 Å². The van der Waals surface area contributed by atoms with Gasteiger partial charge in [0.25, 0.3) is 21.8 Å². The van der Waals surface area contributed by atoms with Crippen LogP contribution in [0.5, 0.6) is 0 Å². The van der Waals surface area contributed by atoms with Gasteiger partial charge in [-0.2, -0.15) is 0 Å². The number of nitrogens with zero attached hydrogens (tertiary/aromatic N) is 3. The third kappa shape index (κ3) is 5.57. The van der Waals surface area contributed by atoms with Crippen molar-refractivity contribution < 1.29 is 22.4 Å². The van der Waals surface area contributed by atoms with Crippen LogP contribution in [0.2, 0.25) is 0 Å². The fourth-order valence-corrected chi connectivity index (χ4v) is 5.38. The number of rotatable bonds is 7. The van der Waals surface area contributed by atoms with Crippen LogP contribution in [-0.2, 0) is 14.8 Å². The highest BCUT2D eigenvalue weighted by molar-refractivity contribution is 7.93. The highest BCUT2D eigenvalue weighted by atomic mass is 32.2. The Labute approximate surface area is 219 Å². The summed E-state index contributed by atoms with van der Waals surface area (Å²) < 4.78 is 43.2. The number of sulfonamides is 1. The van der Waals surface area contributed by atoms with Crippen molar-refractivity contribution in [3.05, 3.63) is 103 Å². The van der Waals surface area contributed by atoms with Gasteiger partial charge in [-0.15, -0.1) is 0 Å². The average Bonchev–Trinajstić information content (AvgIpc) is 2.93. The van der Waals surface area contributed by atoms with Crippen LogP contribution < -0.4 is 10.5 Å². The first-order valence-corrected chi connectivity index (χ1v) is 13.2. The van der Waals surface area contributed by atoms with Crippen molar-refractivity contribution in [3.63, 3.8) is 0 Å². The highest BCUT2D eigenvalue weighted by Gasteiger charge is 2.27. The molecule has 0 bridgehead atoms. The van der Waals surface area contributed by atoms with Crippen LogP contribution in [0.25, 0.3) is 10.9 Å². The zero-order chi connectivity index (χ0) is 27.3. The lowest BCUT2D eigenvalue weighted by Gasteiger charge is -2.35. The molecule has 2 heterocycles. The predicted octanol–water partition coefficient (Wildman–Crippen LogP) is 3.04. The number of fused-ring (bicyclic) bond motifs is 1. The van der Waals surface area contributed by atoms with Gasteiger partial charge in [0.1, 0.15) is 10.7 Å². The average molecular weight is 536 g/mol. The van der Waals surface area contributed by atoms with Gasteiger partial charge in [0.2, 0.25) is 0 Å². The summed E-state index contributed by atoms with van der Waals surface area (Å²) in [6.45, 7) is 4.68. The van der Waals surface area contributed by atoms with Gasteiger partial charge in [-0.25, -0.2) is 12.8 Å². The number of para-hydroxylation sites is 1. The Hall–Kier alpha value is -4.51. The van der Waals surface area contributed by atoms with Crippen LogP contribution in [0.1, 0.15) is 10.4 Å². The summed E-state index contributed by atoms with van der Waals surface area (Å²) in [5.41, 5.74) is 5.82. The number of hydrogen-bond donors (Lipinski definition) is 2. The SMILES string of the molecule is C=C/C=C(\C=C/N)C(=O)N1CCN(C(=O)c2ccc(NS(=O)(=O)c3cccc4cccnc34)c(F)c2)CC1. The molecule has 0 radical (unpaired) electrons. The zero-order valence-electron chi connectivity index (χ0n) is 20.4. The van der Waals surface area contributed by atoms with Gasteiger partial charge in [0.05, 0.1) is 11.2 Å². The normalized spacial score (nSPS) is 14.6. The van der Waals surface area contributed by atoms with Crippen LogP contribution in [-0.4, -0.2) is 61.2 Å². The highest BCUT2D eigenvalue weighted by Crippen LogP contribution is 2.25. The Kier molecular flexibility index (Phi) is 7.87. The van der Waals surface area contributed by atoms with Crippen molar-refractivity contribution in [2.45, 2.75) is 4.90 Å². The van der Waals surface area contributed by atoms with E-state index in [1.54, 1.807) is 35.2 Å².